The molecule has 0 aromatic rings. The van der Waals surface area contributed by atoms with E-state index < -0.39 is 0 Å². The van der Waals surface area contributed by atoms with Gasteiger partial charge in [-0.1, -0.05) is 13.8 Å². The summed E-state index contributed by atoms with van der Waals surface area (Å²) in [5.41, 5.74) is 0. The van der Waals surface area contributed by atoms with E-state index in [1.54, 1.807) is 0 Å². The normalized spacial score (nSPS) is 33.5. The Bertz CT molecular complexity index is 128. The van der Waals surface area contributed by atoms with Gasteiger partial charge < -0.3 is 10.1 Å². The molecule has 1 rings (SSSR count). The number of ether oxygens (including phenoxy) is 1. The Morgan fingerprint density at radius 1 is 1.42 bits per heavy atom. The number of hydrogen-bond acceptors (Lipinski definition) is 3. The Kier molecular flexibility index (Phi) is 5.72. The van der Waals surface area contributed by atoms with E-state index >= 15 is 0 Å². The van der Waals surface area contributed by atoms with Gasteiger partial charge in [0.15, 0.2) is 0 Å². The largest absolute Gasteiger partial charge is 0.463 e. The lowest BCUT2D eigenvalue weighted by Crippen LogP contribution is -2.30. The molecular weight excluding hydrogens is 154 g/mol. The molecule has 0 aromatic heterocycles. The molecule has 0 bridgehead atoms. The quantitative estimate of drug-likeness (QED) is 0.640. The summed E-state index contributed by atoms with van der Waals surface area (Å²) in [6.45, 7) is 8.64. The van der Waals surface area contributed by atoms with Crippen LogP contribution in [-0.4, -0.2) is 24.7 Å². The van der Waals surface area contributed by atoms with Gasteiger partial charge in [-0.3, -0.25) is 4.79 Å². The van der Waals surface area contributed by atoms with Crippen LogP contribution >= 0.6 is 0 Å². The van der Waals surface area contributed by atoms with E-state index in [2.05, 4.69) is 12.2 Å². The zero-order chi connectivity index (χ0) is 9.56. The van der Waals surface area contributed by atoms with Gasteiger partial charge in [0, 0.05) is 18.5 Å². The molecule has 1 N–H and O–H groups in total. The molecule has 0 amide bonds. The van der Waals surface area contributed by atoms with Crippen molar-refractivity contribution in [3.05, 3.63) is 0 Å². The maximum Gasteiger partial charge on any atom is 0.293 e. The van der Waals surface area contributed by atoms with Crippen molar-refractivity contribution in [2.75, 3.05) is 0 Å². The Labute approximate surface area is 74.5 Å². The summed E-state index contributed by atoms with van der Waals surface area (Å²) in [4.78, 5) is 9.96. The lowest BCUT2D eigenvalue weighted by molar-refractivity contribution is -0.133. The highest BCUT2D eigenvalue weighted by molar-refractivity contribution is 5.37. The topological polar surface area (TPSA) is 38.3 Å². The summed E-state index contributed by atoms with van der Waals surface area (Å²) >= 11 is 0. The number of nitrogens with one attached hydrogen (secondary N) is 1. The Balaban J connectivity index is 0.000000561. The van der Waals surface area contributed by atoms with E-state index in [9.17, 15) is 4.79 Å². The minimum absolute atomic E-state index is 0.0764. The van der Waals surface area contributed by atoms with Crippen LogP contribution in [0.25, 0.3) is 0 Å². The van der Waals surface area contributed by atoms with Crippen LogP contribution in [0.3, 0.4) is 0 Å². The van der Waals surface area contributed by atoms with Gasteiger partial charge in [-0.2, -0.15) is 0 Å². The predicted octanol–water partition coefficient (Wildman–Crippen LogP) is 1.32. The molecule has 1 fully saturated rings. The third-order valence-electron chi connectivity index (χ3n) is 1.92. The van der Waals surface area contributed by atoms with Gasteiger partial charge in [0.25, 0.3) is 6.47 Å². The van der Waals surface area contributed by atoms with Crippen molar-refractivity contribution in [3.63, 3.8) is 0 Å². The third kappa shape index (κ3) is 3.22. The average Bonchev–Trinajstić information content (AvgIpc) is 2.35. The first-order valence-electron chi connectivity index (χ1n) is 4.59. The van der Waals surface area contributed by atoms with Gasteiger partial charge in [0.05, 0.1) is 0 Å². The molecular formula is C9H19NO2. The van der Waals surface area contributed by atoms with Gasteiger partial charge in [-0.15, -0.1) is 0 Å². The van der Waals surface area contributed by atoms with Gasteiger partial charge in [-0.25, -0.2) is 0 Å². The summed E-state index contributed by atoms with van der Waals surface area (Å²) < 4.78 is 4.84. The molecule has 0 aromatic carbocycles. The van der Waals surface area contributed by atoms with Crippen LogP contribution in [0.15, 0.2) is 0 Å². The van der Waals surface area contributed by atoms with Crippen molar-refractivity contribution in [1.29, 1.82) is 0 Å². The van der Waals surface area contributed by atoms with Gasteiger partial charge in [0.2, 0.25) is 0 Å². The van der Waals surface area contributed by atoms with Crippen LogP contribution in [0.2, 0.25) is 0 Å². The van der Waals surface area contributed by atoms with E-state index in [-0.39, 0.29) is 6.10 Å². The molecule has 3 atom stereocenters. The first-order chi connectivity index (χ1) is 5.74. The molecule has 1 aliphatic heterocycles. The Morgan fingerprint density at radius 3 is 2.33 bits per heavy atom. The molecule has 3 unspecified atom stereocenters. The van der Waals surface area contributed by atoms with Crippen LogP contribution in [0.4, 0.5) is 0 Å². The molecule has 12 heavy (non-hydrogen) atoms. The third-order valence-corrected chi connectivity index (χ3v) is 1.92. The van der Waals surface area contributed by atoms with Gasteiger partial charge in [0.1, 0.15) is 6.10 Å². The fourth-order valence-electron chi connectivity index (χ4n) is 1.42. The first kappa shape index (κ1) is 11.4. The summed E-state index contributed by atoms with van der Waals surface area (Å²) in [5, 5.41) is 3.27. The average molecular weight is 173 g/mol. The molecule has 0 spiro atoms. The van der Waals surface area contributed by atoms with Crippen LogP contribution < -0.4 is 5.32 Å². The summed E-state index contributed by atoms with van der Waals surface area (Å²) in [6, 6.07) is 0.778. The molecule has 0 saturated carbocycles. The summed E-state index contributed by atoms with van der Waals surface area (Å²) in [6.07, 6.45) is 1.01. The highest BCUT2D eigenvalue weighted by Gasteiger charge is 2.28. The van der Waals surface area contributed by atoms with Crippen molar-refractivity contribution in [3.8, 4) is 0 Å². The van der Waals surface area contributed by atoms with Crippen molar-refractivity contribution in [2.45, 2.75) is 52.3 Å². The maximum absolute atomic E-state index is 9.96. The number of rotatable bonds is 2. The van der Waals surface area contributed by atoms with Gasteiger partial charge in [-0.05, 0) is 13.8 Å². The molecule has 3 nitrogen and oxygen atoms in total. The zero-order valence-corrected chi connectivity index (χ0v) is 8.33. The van der Waals surface area contributed by atoms with E-state index in [0.29, 0.717) is 18.6 Å². The molecule has 0 aliphatic carbocycles. The van der Waals surface area contributed by atoms with Crippen molar-refractivity contribution in [2.24, 2.45) is 0 Å². The van der Waals surface area contributed by atoms with Crippen molar-refractivity contribution in [1.82, 2.24) is 5.32 Å². The highest BCUT2D eigenvalue weighted by atomic mass is 16.5. The monoisotopic (exact) mass is 173 g/mol. The van der Waals surface area contributed by atoms with Crippen LogP contribution in [0.1, 0.15) is 34.1 Å². The van der Waals surface area contributed by atoms with E-state index in [0.717, 1.165) is 6.42 Å². The minimum Gasteiger partial charge on any atom is -0.463 e. The van der Waals surface area contributed by atoms with E-state index in [1.165, 1.54) is 0 Å². The second-order valence-electron chi connectivity index (χ2n) is 2.86. The first-order valence-corrected chi connectivity index (χ1v) is 4.59. The van der Waals surface area contributed by atoms with Gasteiger partial charge >= 0.3 is 0 Å². The molecule has 3 heteroatoms. The molecule has 1 aliphatic rings. The number of hydrogen-bond donors (Lipinski definition) is 1. The highest BCUT2D eigenvalue weighted by Crippen LogP contribution is 2.14. The number of carbonyl (C=O) groups is 1. The molecule has 0 radical (unpaired) electrons. The van der Waals surface area contributed by atoms with Crippen LogP contribution in [0, 0.1) is 0 Å². The molecule has 1 saturated heterocycles. The Morgan fingerprint density at radius 2 is 2.00 bits per heavy atom. The fraction of sp³-hybridized carbons (Fsp3) is 0.889. The Hall–Kier alpha value is -0.570. The SMILES string of the molecule is CC.CC1CC(OC=O)C(C)N1. The smallest absolute Gasteiger partial charge is 0.293 e. The standard InChI is InChI=1S/C7H13NO2.C2H6/c1-5-3-7(10-4-9)6(2)8-5;1-2/h4-8H,3H2,1-2H3;1-2H3. The van der Waals surface area contributed by atoms with E-state index in [4.69, 9.17) is 4.74 Å². The fourth-order valence-corrected chi connectivity index (χ4v) is 1.42. The summed E-state index contributed by atoms with van der Waals surface area (Å²) in [5.74, 6) is 0. The summed E-state index contributed by atoms with van der Waals surface area (Å²) in [7, 11) is 0. The van der Waals surface area contributed by atoms with Crippen molar-refractivity contribution >= 4 is 6.47 Å². The minimum atomic E-state index is 0.0764. The lowest BCUT2D eigenvalue weighted by atomic mass is 10.2. The second kappa shape index (κ2) is 6.00. The zero-order valence-electron chi connectivity index (χ0n) is 8.33. The maximum atomic E-state index is 9.96. The van der Waals surface area contributed by atoms with Crippen LogP contribution in [-0.2, 0) is 9.53 Å². The van der Waals surface area contributed by atoms with Crippen molar-refractivity contribution < 1.29 is 9.53 Å². The van der Waals surface area contributed by atoms with Crippen LogP contribution in [0.5, 0.6) is 0 Å². The second-order valence-corrected chi connectivity index (χ2v) is 2.86. The van der Waals surface area contributed by atoms with E-state index in [1.807, 2.05) is 20.8 Å². The lowest BCUT2D eigenvalue weighted by Gasteiger charge is -2.11. The molecule has 1 heterocycles. The predicted molar refractivity (Wildman–Crippen MR) is 49.0 cm³/mol. The number of carbonyl (C=O) groups excluding carboxylic acids is 1. The molecule has 72 valence electrons.